The van der Waals surface area contributed by atoms with Crippen LogP contribution in [0.25, 0.3) is 0 Å². The third kappa shape index (κ3) is 2.94. The van der Waals surface area contributed by atoms with Gasteiger partial charge < -0.3 is 5.32 Å². The molecule has 1 aliphatic rings. The Morgan fingerprint density at radius 1 is 1.44 bits per heavy atom. The molecule has 16 heavy (non-hydrogen) atoms. The lowest BCUT2D eigenvalue weighted by Crippen LogP contribution is -2.17. The molecule has 1 aromatic heterocycles. The van der Waals surface area contributed by atoms with E-state index in [0.717, 1.165) is 34.6 Å². The molecule has 0 radical (unpaired) electrons. The second-order valence-corrected chi connectivity index (χ2v) is 5.48. The summed E-state index contributed by atoms with van der Waals surface area (Å²) in [6.07, 6.45) is 4.10. The Balaban J connectivity index is 1.94. The molecule has 1 aromatic rings. The minimum Gasteiger partial charge on any atom is -0.370 e. The van der Waals surface area contributed by atoms with Crippen LogP contribution in [0.5, 0.6) is 0 Å². The van der Waals surface area contributed by atoms with Crippen LogP contribution in [0, 0.1) is 18.8 Å². The number of aromatic nitrogens is 2. The van der Waals surface area contributed by atoms with Crippen molar-refractivity contribution in [2.45, 2.75) is 33.1 Å². The van der Waals surface area contributed by atoms with Gasteiger partial charge >= 0.3 is 0 Å². The number of nitrogens with zero attached hydrogens (tertiary/aromatic N) is 2. The molecule has 88 valence electrons. The van der Waals surface area contributed by atoms with Crippen LogP contribution < -0.4 is 5.32 Å². The van der Waals surface area contributed by atoms with Crippen molar-refractivity contribution in [1.82, 2.24) is 9.97 Å². The zero-order valence-electron chi connectivity index (χ0n) is 9.83. The second kappa shape index (κ2) is 5.13. The predicted octanol–water partition coefficient (Wildman–Crippen LogP) is 3.40. The van der Waals surface area contributed by atoms with Crippen molar-refractivity contribution in [3.8, 4) is 0 Å². The molecule has 1 aliphatic carbocycles. The molecule has 1 saturated carbocycles. The summed E-state index contributed by atoms with van der Waals surface area (Å²) in [6.45, 7) is 5.29. The first-order chi connectivity index (χ1) is 7.65. The van der Waals surface area contributed by atoms with Crippen molar-refractivity contribution in [2.75, 3.05) is 11.9 Å². The van der Waals surface area contributed by atoms with Gasteiger partial charge in [0, 0.05) is 12.6 Å². The van der Waals surface area contributed by atoms with E-state index in [1.807, 2.05) is 13.0 Å². The zero-order chi connectivity index (χ0) is 11.5. The summed E-state index contributed by atoms with van der Waals surface area (Å²) in [6, 6.07) is 1.94. The summed E-state index contributed by atoms with van der Waals surface area (Å²) >= 11 is 3.39. The lowest BCUT2D eigenvalue weighted by Gasteiger charge is -2.16. The summed E-state index contributed by atoms with van der Waals surface area (Å²) in [5.74, 6) is 3.38. The number of hydrogen-bond acceptors (Lipinski definition) is 3. The molecule has 2 unspecified atom stereocenters. The van der Waals surface area contributed by atoms with E-state index in [1.165, 1.54) is 19.3 Å². The van der Waals surface area contributed by atoms with Crippen molar-refractivity contribution in [3.05, 3.63) is 16.5 Å². The molecule has 0 bridgehead atoms. The number of nitrogens with one attached hydrogen (secondary N) is 1. The predicted molar refractivity (Wildman–Crippen MR) is 69.5 cm³/mol. The highest BCUT2D eigenvalue weighted by molar-refractivity contribution is 9.10. The molecule has 4 heteroatoms. The van der Waals surface area contributed by atoms with Crippen molar-refractivity contribution in [2.24, 2.45) is 11.8 Å². The average molecular weight is 284 g/mol. The van der Waals surface area contributed by atoms with Crippen molar-refractivity contribution in [3.63, 3.8) is 0 Å². The van der Waals surface area contributed by atoms with Gasteiger partial charge in [0.25, 0.3) is 0 Å². The second-order valence-electron chi connectivity index (χ2n) is 4.67. The van der Waals surface area contributed by atoms with Crippen molar-refractivity contribution >= 4 is 21.7 Å². The van der Waals surface area contributed by atoms with Gasteiger partial charge in [-0.15, -0.1) is 0 Å². The maximum Gasteiger partial charge on any atom is 0.130 e. The lowest BCUT2D eigenvalue weighted by atomic mass is 9.98. The fourth-order valence-corrected chi connectivity index (χ4v) is 2.86. The quantitative estimate of drug-likeness (QED) is 0.864. The van der Waals surface area contributed by atoms with Gasteiger partial charge in [0.05, 0.1) is 0 Å². The van der Waals surface area contributed by atoms with Gasteiger partial charge in [0.2, 0.25) is 0 Å². The molecule has 2 atom stereocenters. The lowest BCUT2D eigenvalue weighted by molar-refractivity contribution is 0.439. The topological polar surface area (TPSA) is 37.8 Å². The average Bonchev–Trinajstić information content (AvgIpc) is 2.59. The van der Waals surface area contributed by atoms with E-state index in [9.17, 15) is 0 Å². The minimum absolute atomic E-state index is 0.800. The van der Waals surface area contributed by atoms with E-state index in [0.29, 0.717) is 0 Å². The first-order valence-electron chi connectivity index (χ1n) is 5.90. The molecule has 1 N–H and O–H groups in total. The maximum atomic E-state index is 4.37. The third-order valence-corrected chi connectivity index (χ3v) is 3.80. The Morgan fingerprint density at radius 3 is 2.88 bits per heavy atom. The fraction of sp³-hybridized carbons (Fsp3) is 0.667. The number of anilines is 1. The molecule has 0 aromatic carbocycles. The van der Waals surface area contributed by atoms with Crippen LogP contribution in [0.3, 0.4) is 0 Å². The highest BCUT2D eigenvalue weighted by Gasteiger charge is 2.22. The van der Waals surface area contributed by atoms with E-state index in [-0.39, 0.29) is 0 Å². The van der Waals surface area contributed by atoms with E-state index in [1.54, 1.807) is 0 Å². The molecule has 0 spiro atoms. The Kier molecular flexibility index (Phi) is 3.79. The smallest absolute Gasteiger partial charge is 0.130 e. The Hall–Kier alpha value is -0.640. The van der Waals surface area contributed by atoms with Gasteiger partial charge in [-0.2, -0.15) is 0 Å². The molecule has 0 saturated heterocycles. The summed E-state index contributed by atoms with van der Waals surface area (Å²) in [4.78, 5) is 8.56. The van der Waals surface area contributed by atoms with Gasteiger partial charge in [-0.05, 0) is 41.1 Å². The van der Waals surface area contributed by atoms with Gasteiger partial charge in [-0.1, -0.05) is 19.8 Å². The third-order valence-electron chi connectivity index (χ3n) is 3.39. The molecule has 1 fully saturated rings. The molecular weight excluding hydrogens is 266 g/mol. The molecule has 0 aliphatic heterocycles. The molecular formula is C12H18BrN3. The first-order valence-corrected chi connectivity index (χ1v) is 6.69. The number of aryl methyl sites for hydroxylation is 1. The Labute approximate surface area is 105 Å². The number of hydrogen-bond donors (Lipinski definition) is 1. The largest absolute Gasteiger partial charge is 0.370 e. The summed E-state index contributed by atoms with van der Waals surface area (Å²) in [7, 11) is 0. The summed E-state index contributed by atoms with van der Waals surface area (Å²) < 4.78 is 0.849. The normalized spacial score (nSPS) is 24.7. The SMILES string of the molecule is Cc1nc(Br)cc(NCC2CCCC2C)n1. The van der Waals surface area contributed by atoms with Crippen LogP contribution in [0.15, 0.2) is 10.7 Å². The Bertz CT molecular complexity index is 347. The monoisotopic (exact) mass is 283 g/mol. The van der Waals surface area contributed by atoms with Crippen molar-refractivity contribution in [1.29, 1.82) is 0 Å². The zero-order valence-corrected chi connectivity index (χ0v) is 11.4. The molecule has 2 rings (SSSR count). The van der Waals surface area contributed by atoms with Crippen LogP contribution >= 0.6 is 15.9 Å². The summed E-state index contributed by atoms with van der Waals surface area (Å²) in [5.41, 5.74) is 0. The van der Waals surface area contributed by atoms with Crippen LogP contribution in [-0.4, -0.2) is 16.5 Å². The molecule has 1 heterocycles. The van der Waals surface area contributed by atoms with E-state index >= 15 is 0 Å². The van der Waals surface area contributed by atoms with Crippen molar-refractivity contribution < 1.29 is 0 Å². The van der Waals surface area contributed by atoms with Crippen LogP contribution in [0.1, 0.15) is 32.0 Å². The Morgan fingerprint density at radius 2 is 2.25 bits per heavy atom. The van der Waals surface area contributed by atoms with Gasteiger partial charge in [-0.3, -0.25) is 0 Å². The highest BCUT2D eigenvalue weighted by Crippen LogP contribution is 2.31. The highest BCUT2D eigenvalue weighted by atomic mass is 79.9. The standard InChI is InChI=1S/C12H18BrN3/c1-8-4-3-5-10(8)7-14-12-6-11(13)15-9(2)16-12/h6,8,10H,3-5,7H2,1-2H3,(H,14,15,16). The van der Waals surface area contributed by atoms with E-state index < -0.39 is 0 Å². The maximum absolute atomic E-state index is 4.37. The first kappa shape index (κ1) is 11.8. The van der Waals surface area contributed by atoms with Gasteiger partial charge in [0.15, 0.2) is 0 Å². The minimum atomic E-state index is 0.800. The fourth-order valence-electron chi connectivity index (χ4n) is 2.38. The van der Waals surface area contributed by atoms with Crippen LogP contribution in [0.2, 0.25) is 0 Å². The molecule has 0 amide bonds. The van der Waals surface area contributed by atoms with Crippen LogP contribution in [-0.2, 0) is 0 Å². The van der Waals surface area contributed by atoms with E-state index in [4.69, 9.17) is 0 Å². The van der Waals surface area contributed by atoms with Gasteiger partial charge in [-0.25, -0.2) is 9.97 Å². The van der Waals surface area contributed by atoms with Crippen LogP contribution in [0.4, 0.5) is 5.82 Å². The van der Waals surface area contributed by atoms with Gasteiger partial charge in [0.1, 0.15) is 16.2 Å². The number of halogens is 1. The van der Waals surface area contributed by atoms with E-state index in [2.05, 4.69) is 38.1 Å². The number of rotatable bonds is 3. The molecule has 3 nitrogen and oxygen atoms in total. The summed E-state index contributed by atoms with van der Waals surface area (Å²) in [5, 5.41) is 3.42.